The lowest BCUT2D eigenvalue weighted by Gasteiger charge is -2.36. The van der Waals surface area contributed by atoms with Crippen LogP contribution in [0.1, 0.15) is 56.1 Å². The lowest BCUT2D eigenvalue weighted by molar-refractivity contribution is -0.145. The molecule has 1 aromatic carbocycles. The zero-order valence-corrected chi connectivity index (χ0v) is 12.7. The Bertz CT molecular complexity index is 525. The third kappa shape index (κ3) is 2.38. The van der Waals surface area contributed by atoms with Gasteiger partial charge in [0.05, 0.1) is 12.0 Å². The van der Waals surface area contributed by atoms with Crippen molar-refractivity contribution in [3.8, 4) is 0 Å². The van der Waals surface area contributed by atoms with Crippen molar-refractivity contribution in [2.45, 2.75) is 55.8 Å². The van der Waals surface area contributed by atoms with E-state index in [9.17, 15) is 9.90 Å². The lowest BCUT2D eigenvalue weighted by Crippen LogP contribution is -2.39. The number of hydrogen-bond donors (Lipinski definition) is 1. The van der Waals surface area contributed by atoms with Gasteiger partial charge in [0.2, 0.25) is 0 Å². The fourth-order valence-corrected chi connectivity index (χ4v) is 4.04. The second-order valence-electron chi connectivity index (χ2n) is 6.71. The van der Waals surface area contributed by atoms with E-state index in [0.29, 0.717) is 6.61 Å². The molecule has 0 atom stereocenters. The van der Waals surface area contributed by atoms with Crippen LogP contribution in [0, 0.1) is 0 Å². The van der Waals surface area contributed by atoms with Gasteiger partial charge in [0.15, 0.2) is 0 Å². The van der Waals surface area contributed by atoms with E-state index in [1.54, 1.807) is 7.11 Å². The van der Waals surface area contributed by atoms with Crippen molar-refractivity contribution in [1.29, 1.82) is 0 Å². The SMILES string of the molecule is COCC1(c2ccccc2C2(C(=O)O)CCCCC2)CC1. The summed E-state index contributed by atoms with van der Waals surface area (Å²) in [6.07, 6.45) is 6.92. The van der Waals surface area contributed by atoms with Gasteiger partial charge in [0, 0.05) is 12.5 Å². The van der Waals surface area contributed by atoms with E-state index in [1.807, 2.05) is 18.2 Å². The standard InChI is InChI=1S/C18H24O3/c1-21-13-17(11-12-17)14-7-3-4-8-15(14)18(16(19)20)9-5-2-6-10-18/h3-4,7-8H,2,5-6,9-13H2,1H3,(H,19,20). The number of carboxylic acids is 1. The van der Waals surface area contributed by atoms with Gasteiger partial charge in [-0.15, -0.1) is 0 Å². The first-order valence-corrected chi connectivity index (χ1v) is 7.97. The van der Waals surface area contributed by atoms with Crippen LogP contribution in [0.5, 0.6) is 0 Å². The number of hydrogen-bond acceptors (Lipinski definition) is 2. The van der Waals surface area contributed by atoms with Gasteiger partial charge in [-0.1, -0.05) is 43.5 Å². The molecule has 2 fully saturated rings. The molecule has 21 heavy (non-hydrogen) atoms. The average Bonchev–Trinajstić information content (AvgIpc) is 3.29. The van der Waals surface area contributed by atoms with E-state index in [2.05, 4.69) is 6.07 Å². The monoisotopic (exact) mass is 288 g/mol. The third-order valence-corrected chi connectivity index (χ3v) is 5.40. The van der Waals surface area contributed by atoms with Gasteiger partial charge in [-0.05, 0) is 36.8 Å². The topological polar surface area (TPSA) is 46.5 Å². The molecule has 0 heterocycles. The molecule has 0 spiro atoms. The number of benzene rings is 1. The first-order valence-electron chi connectivity index (χ1n) is 7.97. The summed E-state index contributed by atoms with van der Waals surface area (Å²) in [6, 6.07) is 8.19. The number of methoxy groups -OCH3 is 1. The highest BCUT2D eigenvalue weighted by Gasteiger charge is 2.50. The van der Waals surface area contributed by atoms with Crippen molar-refractivity contribution in [2.24, 2.45) is 0 Å². The largest absolute Gasteiger partial charge is 0.481 e. The zero-order chi connectivity index (χ0) is 14.9. The van der Waals surface area contributed by atoms with Crippen LogP contribution in [0.25, 0.3) is 0 Å². The van der Waals surface area contributed by atoms with E-state index >= 15 is 0 Å². The summed E-state index contributed by atoms with van der Waals surface area (Å²) in [5.41, 5.74) is 1.64. The fraction of sp³-hybridized carbons (Fsp3) is 0.611. The number of ether oxygens (including phenoxy) is 1. The van der Waals surface area contributed by atoms with E-state index < -0.39 is 11.4 Å². The Morgan fingerprint density at radius 3 is 2.24 bits per heavy atom. The van der Waals surface area contributed by atoms with Gasteiger partial charge in [0.1, 0.15) is 0 Å². The van der Waals surface area contributed by atoms with Gasteiger partial charge in [-0.25, -0.2) is 0 Å². The van der Waals surface area contributed by atoms with Crippen molar-refractivity contribution in [3.05, 3.63) is 35.4 Å². The first kappa shape index (κ1) is 14.6. The van der Waals surface area contributed by atoms with Gasteiger partial charge in [-0.2, -0.15) is 0 Å². The molecule has 0 amide bonds. The second kappa shape index (κ2) is 5.45. The van der Waals surface area contributed by atoms with Crippen molar-refractivity contribution < 1.29 is 14.6 Å². The van der Waals surface area contributed by atoms with E-state index in [1.165, 1.54) is 5.56 Å². The molecule has 3 rings (SSSR count). The minimum atomic E-state index is -0.682. The number of aliphatic carboxylic acids is 1. The third-order valence-electron chi connectivity index (χ3n) is 5.40. The molecular formula is C18H24O3. The Morgan fingerprint density at radius 2 is 1.71 bits per heavy atom. The summed E-state index contributed by atoms with van der Waals surface area (Å²) in [6.45, 7) is 0.694. The average molecular weight is 288 g/mol. The highest BCUT2D eigenvalue weighted by atomic mass is 16.5. The van der Waals surface area contributed by atoms with Crippen LogP contribution in [-0.4, -0.2) is 24.8 Å². The first-order chi connectivity index (χ1) is 10.1. The Morgan fingerprint density at radius 1 is 1.10 bits per heavy atom. The molecule has 114 valence electrons. The molecule has 3 nitrogen and oxygen atoms in total. The summed E-state index contributed by atoms with van der Waals surface area (Å²) < 4.78 is 5.41. The molecule has 2 saturated carbocycles. The highest BCUT2D eigenvalue weighted by Crippen LogP contribution is 2.53. The molecule has 2 aliphatic rings. The van der Waals surface area contributed by atoms with Gasteiger partial charge < -0.3 is 9.84 Å². The molecular weight excluding hydrogens is 264 g/mol. The summed E-state index contributed by atoms with van der Waals surface area (Å²) in [5.74, 6) is -0.650. The normalized spacial score (nSPS) is 22.7. The maximum atomic E-state index is 12.1. The van der Waals surface area contributed by atoms with Crippen LogP contribution in [0.2, 0.25) is 0 Å². The van der Waals surface area contributed by atoms with Crippen LogP contribution in [0.4, 0.5) is 0 Å². The van der Waals surface area contributed by atoms with Crippen LogP contribution in [0.15, 0.2) is 24.3 Å². The summed E-state index contributed by atoms with van der Waals surface area (Å²) in [7, 11) is 1.73. The molecule has 1 N–H and O–H groups in total. The van der Waals surface area contributed by atoms with Crippen LogP contribution >= 0.6 is 0 Å². The molecule has 2 aliphatic carbocycles. The molecule has 0 saturated heterocycles. The molecule has 3 heteroatoms. The molecule has 0 unspecified atom stereocenters. The molecule has 0 radical (unpaired) electrons. The quantitative estimate of drug-likeness (QED) is 0.899. The smallest absolute Gasteiger partial charge is 0.314 e. The van der Waals surface area contributed by atoms with Crippen molar-refractivity contribution in [3.63, 3.8) is 0 Å². The van der Waals surface area contributed by atoms with E-state index in [4.69, 9.17) is 4.74 Å². The summed E-state index contributed by atoms with van der Waals surface area (Å²) in [4.78, 5) is 12.1. The minimum Gasteiger partial charge on any atom is -0.481 e. The molecule has 0 aliphatic heterocycles. The maximum Gasteiger partial charge on any atom is 0.314 e. The maximum absolute atomic E-state index is 12.1. The predicted octanol–water partition coefficient (Wildman–Crippen LogP) is 3.65. The van der Waals surface area contributed by atoms with E-state index in [0.717, 1.165) is 50.5 Å². The van der Waals surface area contributed by atoms with E-state index in [-0.39, 0.29) is 5.41 Å². The number of carboxylic acid groups (broad SMARTS) is 1. The minimum absolute atomic E-state index is 0.0608. The summed E-state index contributed by atoms with van der Waals surface area (Å²) >= 11 is 0. The Balaban J connectivity index is 2.07. The van der Waals surface area contributed by atoms with Gasteiger partial charge in [0.25, 0.3) is 0 Å². The number of carbonyl (C=O) groups is 1. The van der Waals surface area contributed by atoms with Crippen molar-refractivity contribution in [2.75, 3.05) is 13.7 Å². The van der Waals surface area contributed by atoms with Gasteiger partial charge in [-0.3, -0.25) is 4.79 Å². The lowest BCUT2D eigenvalue weighted by atomic mass is 9.66. The van der Waals surface area contributed by atoms with Crippen molar-refractivity contribution in [1.82, 2.24) is 0 Å². The molecule has 1 aromatic rings. The summed E-state index contributed by atoms with van der Waals surface area (Å²) in [5, 5.41) is 9.95. The van der Waals surface area contributed by atoms with Gasteiger partial charge >= 0.3 is 5.97 Å². The zero-order valence-electron chi connectivity index (χ0n) is 12.7. The fourth-order valence-electron chi connectivity index (χ4n) is 4.04. The Kier molecular flexibility index (Phi) is 3.78. The van der Waals surface area contributed by atoms with Crippen LogP contribution < -0.4 is 0 Å². The van der Waals surface area contributed by atoms with Crippen molar-refractivity contribution >= 4 is 5.97 Å². The highest BCUT2D eigenvalue weighted by molar-refractivity contribution is 5.82. The molecule has 0 aromatic heterocycles. The second-order valence-corrected chi connectivity index (χ2v) is 6.71. The Hall–Kier alpha value is -1.35. The molecule has 0 bridgehead atoms. The van der Waals surface area contributed by atoms with Crippen LogP contribution in [-0.2, 0) is 20.4 Å². The number of rotatable bonds is 5. The Labute approximate surface area is 126 Å². The predicted molar refractivity (Wildman–Crippen MR) is 81.6 cm³/mol. The van der Waals surface area contributed by atoms with Crippen LogP contribution in [0.3, 0.4) is 0 Å².